The van der Waals surface area contributed by atoms with Gasteiger partial charge < -0.3 is 9.72 Å². The van der Waals surface area contributed by atoms with Gasteiger partial charge >= 0.3 is 0 Å². The zero-order valence-corrected chi connectivity index (χ0v) is 10.6. The molecule has 0 saturated carbocycles. The number of ether oxygens (including phenoxy) is 1. The Morgan fingerprint density at radius 3 is 2.45 bits per heavy atom. The molecule has 0 aliphatic heterocycles. The summed E-state index contributed by atoms with van der Waals surface area (Å²) < 4.78 is 32.1. The largest absolute Gasteiger partial charge is 0.369 e. The van der Waals surface area contributed by atoms with Crippen LogP contribution in [0.3, 0.4) is 0 Å². The third kappa shape index (κ3) is 2.53. The maximum Gasteiger partial charge on any atom is 0.133 e. The van der Waals surface area contributed by atoms with Crippen molar-refractivity contribution < 1.29 is 13.5 Å². The number of aromatic amines is 1. The number of aromatic nitrogens is 2. The molecule has 3 nitrogen and oxygen atoms in total. The normalized spacial score (nSPS) is 11.1. The molecule has 0 unspecified atom stereocenters. The van der Waals surface area contributed by atoms with Crippen molar-refractivity contribution in [2.75, 3.05) is 0 Å². The van der Waals surface area contributed by atoms with Crippen LogP contribution in [0.2, 0.25) is 0 Å². The Balaban J connectivity index is 1.68. The summed E-state index contributed by atoms with van der Waals surface area (Å²) in [7, 11) is 0. The van der Waals surface area contributed by atoms with Crippen LogP contribution in [0, 0.1) is 11.6 Å². The fraction of sp³-hybridized carbons (Fsp3) is 0.133. The standard InChI is InChI=1S/C15H12F2N2O/c16-11-4-3-5-12(17)10(11)8-20-9-15-18-13-6-1-2-7-14(13)19-15/h1-7H,8-9H2,(H,18,19). The van der Waals surface area contributed by atoms with Crippen molar-refractivity contribution >= 4 is 11.0 Å². The lowest BCUT2D eigenvalue weighted by molar-refractivity contribution is 0.0977. The highest BCUT2D eigenvalue weighted by atomic mass is 19.1. The van der Waals surface area contributed by atoms with Gasteiger partial charge in [0, 0.05) is 5.56 Å². The molecule has 20 heavy (non-hydrogen) atoms. The number of imidazole rings is 1. The molecule has 0 atom stereocenters. The van der Waals surface area contributed by atoms with E-state index in [1.807, 2.05) is 24.3 Å². The Morgan fingerprint density at radius 1 is 0.950 bits per heavy atom. The van der Waals surface area contributed by atoms with Crippen LogP contribution in [0.25, 0.3) is 11.0 Å². The minimum atomic E-state index is -0.602. The van der Waals surface area contributed by atoms with Gasteiger partial charge in [0.1, 0.15) is 24.1 Å². The molecule has 0 spiro atoms. The van der Waals surface area contributed by atoms with Crippen LogP contribution in [0.4, 0.5) is 8.78 Å². The van der Waals surface area contributed by atoms with Crippen LogP contribution in [0.1, 0.15) is 11.4 Å². The van der Waals surface area contributed by atoms with Gasteiger partial charge in [-0.15, -0.1) is 0 Å². The lowest BCUT2D eigenvalue weighted by Crippen LogP contribution is -2.00. The molecule has 1 N–H and O–H groups in total. The van der Waals surface area contributed by atoms with Gasteiger partial charge in [0.2, 0.25) is 0 Å². The van der Waals surface area contributed by atoms with Crippen molar-refractivity contribution in [3.8, 4) is 0 Å². The molecule has 1 aromatic heterocycles. The molecular formula is C15H12F2N2O. The summed E-state index contributed by atoms with van der Waals surface area (Å²) in [5.41, 5.74) is 1.68. The molecule has 0 fully saturated rings. The van der Waals surface area contributed by atoms with E-state index in [9.17, 15) is 8.78 Å². The molecule has 0 aliphatic rings. The maximum absolute atomic E-state index is 13.4. The minimum Gasteiger partial charge on any atom is -0.369 e. The Hall–Kier alpha value is -2.27. The lowest BCUT2D eigenvalue weighted by atomic mass is 10.2. The van der Waals surface area contributed by atoms with Crippen molar-refractivity contribution in [1.82, 2.24) is 9.97 Å². The molecule has 5 heteroatoms. The highest BCUT2D eigenvalue weighted by molar-refractivity contribution is 5.74. The number of nitrogens with zero attached hydrogens (tertiary/aromatic N) is 1. The van der Waals surface area contributed by atoms with Crippen molar-refractivity contribution in [2.24, 2.45) is 0 Å². The fourth-order valence-corrected chi connectivity index (χ4v) is 1.99. The first-order valence-corrected chi connectivity index (χ1v) is 6.18. The van der Waals surface area contributed by atoms with Crippen molar-refractivity contribution in [3.63, 3.8) is 0 Å². The number of hydrogen-bond donors (Lipinski definition) is 1. The summed E-state index contributed by atoms with van der Waals surface area (Å²) in [6.45, 7) is 0.0397. The number of H-pyrrole nitrogens is 1. The van der Waals surface area contributed by atoms with Crippen LogP contribution in [-0.2, 0) is 18.0 Å². The number of hydrogen-bond acceptors (Lipinski definition) is 2. The summed E-state index contributed by atoms with van der Waals surface area (Å²) in [6.07, 6.45) is 0. The number of nitrogens with one attached hydrogen (secondary N) is 1. The van der Waals surface area contributed by atoms with E-state index in [2.05, 4.69) is 9.97 Å². The average Bonchev–Trinajstić information content (AvgIpc) is 2.84. The van der Waals surface area contributed by atoms with Crippen molar-refractivity contribution in [1.29, 1.82) is 0 Å². The molecule has 0 aliphatic carbocycles. The second-order valence-electron chi connectivity index (χ2n) is 4.39. The van der Waals surface area contributed by atoms with Crippen molar-refractivity contribution in [3.05, 3.63) is 65.5 Å². The molecule has 1 heterocycles. The van der Waals surface area contributed by atoms with Gasteiger partial charge in [0.15, 0.2) is 0 Å². The van der Waals surface area contributed by atoms with E-state index in [4.69, 9.17) is 4.74 Å². The zero-order chi connectivity index (χ0) is 13.9. The van der Waals surface area contributed by atoms with Crippen LogP contribution in [0.5, 0.6) is 0 Å². The molecular weight excluding hydrogens is 262 g/mol. The molecule has 2 aromatic carbocycles. The predicted molar refractivity (Wildman–Crippen MR) is 70.9 cm³/mol. The van der Waals surface area contributed by atoms with Crippen LogP contribution < -0.4 is 0 Å². The zero-order valence-electron chi connectivity index (χ0n) is 10.6. The van der Waals surface area contributed by atoms with Gasteiger partial charge in [0.05, 0.1) is 17.6 Å². The van der Waals surface area contributed by atoms with Crippen molar-refractivity contribution in [2.45, 2.75) is 13.2 Å². The summed E-state index contributed by atoms with van der Waals surface area (Å²) in [5, 5.41) is 0. The maximum atomic E-state index is 13.4. The van der Waals surface area contributed by atoms with E-state index in [0.29, 0.717) is 5.82 Å². The summed E-state index contributed by atoms with van der Waals surface area (Å²) in [6, 6.07) is 11.3. The van der Waals surface area contributed by atoms with Gasteiger partial charge in [-0.05, 0) is 24.3 Å². The van der Waals surface area contributed by atoms with Gasteiger partial charge in [-0.2, -0.15) is 0 Å². The summed E-state index contributed by atoms with van der Waals surface area (Å²) in [5.74, 6) is -0.577. The quantitative estimate of drug-likeness (QED) is 0.790. The average molecular weight is 274 g/mol. The number of benzene rings is 2. The topological polar surface area (TPSA) is 37.9 Å². The second kappa shape index (κ2) is 5.38. The Morgan fingerprint density at radius 2 is 1.70 bits per heavy atom. The monoisotopic (exact) mass is 274 g/mol. The second-order valence-corrected chi connectivity index (χ2v) is 4.39. The first-order chi connectivity index (χ1) is 9.74. The Labute approximate surface area is 114 Å². The van der Waals surface area contributed by atoms with E-state index in [1.165, 1.54) is 18.2 Å². The molecule has 0 saturated heterocycles. The van der Waals surface area contributed by atoms with Crippen LogP contribution >= 0.6 is 0 Å². The molecule has 3 aromatic rings. The summed E-state index contributed by atoms with van der Waals surface area (Å²) in [4.78, 5) is 7.41. The van der Waals surface area contributed by atoms with Gasteiger partial charge in [-0.1, -0.05) is 18.2 Å². The van der Waals surface area contributed by atoms with E-state index in [-0.39, 0.29) is 18.8 Å². The third-order valence-corrected chi connectivity index (χ3v) is 2.99. The number of para-hydroxylation sites is 2. The molecule has 0 bridgehead atoms. The predicted octanol–water partition coefficient (Wildman–Crippen LogP) is 3.56. The number of rotatable bonds is 4. The highest BCUT2D eigenvalue weighted by Crippen LogP contribution is 2.15. The van der Waals surface area contributed by atoms with Gasteiger partial charge in [-0.25, -0.2) is 13.8 Å². The van der Waals surface area contributed by atoms with E-state index in [1.54, 1.807) is 0 Å². The fourth-order valence-electron chi connectivity index (χ4n) is 1.99. The molecule has 102 valence electrons. The molecule has 0 radical (unpaired) electrons. The number of halogens is 2. The highest BCUT2D eigenvalue weighted by Gasteiger charge is 2.09. The Kier molecular flexibility index (Phi) is 3.43. The number of fused-ring (bicyclic) bond motifs is 1. The smallest absolute Gasteiger partial charge is 0.133 e. The SMILES string of the molecule is Fc1cccc(F)c1COCc1nc2ccccc2[nH]1. The van der Waals surface area contributed by atoms with Gasteiger partial charge in [-0.3, -0.25) is 0 Å². The Bertz CT molecular complexity index is 686. The summed E-state index contributed by atoms with van der Waals surface area (Å²) >= 11 is 0. The molecule has 0 amide bonds. The van der Waals surface area contributed by atoms with Crippen LogP contribution in [0.15, 0.2) is 42.5 Å². The van der Waals surface area contributed by atoms with Crippen LogP contribution in [-0.4, -0.2) is 9.97 Å². The lowest BCUT2D eigenvalue weighted by Gasteiger charge is -2.05. The first-order valence-electron chi connectivity index (χ1n) is 6.18. The minimum absolute atomic E-state index is 0.0661. The molecule has 3 rings (SSSR count). The van der Waals surface area contributed by atoms with Gasteiger partial charge in [0.25, 0.3) is 0 Å². The first kappa shape index (κ1) is 12.7. The van der Waals surface area contributed by atoms with E-state index < -0.39 is 11.6 Å². The van der Waals surface area contributed by atoms with E-state index >= 15 is 0 Å². The third-order valence-electron chi connectivity index (χ3n) is 2.99. The van der Waals surface area contributed by atoms with E-state index in [0.717, 1.165) is 11.0 Å².